The minimum atomic E-state index is -4.66. The molecule has 0 saturated carbocycles. The first-order valence-electron chi connectivity index (χ1n) is 12.7. The third-order valence-electron chi connectivity index (χ3n) is 6.52. The fourth-order valence-corrected chi connectivity index (χ4v) is 4.99. The molecule has 1 amide bonds. The number of hydrogen-bond donors (Lipinski definition) is 2. The maximum absolute atomic E-state index is 14.0. The minimum Gasteiger partial charge on any atom is -0.386 e. The number of hydrogen-bond acceptors (Lipinski definition) is 6. The third-order valence-corrected chi connectivity index (χ3v) is 8.24. The first-order valence-corrected chi connectivity index (χ1v) is 14.4. The van der Waals surface area contributed by atoms with Crippen molar-refractivity contribution in [3.63, 3.8) is 0 Å². The summed E-state index contributed by atoms with van der Waals surface area (Å²) in [7, 11) is -3.40. The maximum atomic E-state index is 14.0. The number of carbonyl (C=O) groups is 1. The number of imidazole rings is 1. The fraction of sp³-hybridized carbons (Fsp3) is 0.464. The van der Waals surface area contributed by atoms with Gasteiger partial charge in [-0.05, 0) is 50.1 Å². The van der Waals surface area contributed by atoms with Gasteiger partial charge in [0.25, 0.3) is 5.91 Å². The predicted octanol–water partition coefficient (Wildman–Crippen LogP) is 4.90. The Labute approximate surface area is 232 Å². The summed E-state index contributed by atoms with van der Waals surface area (Å²) in [5.74, 6) is -0.166. The van der Waals surface area contributed by atoms with Crippen LogP contribution in [0.4, 0.5) is 13.2 Å². The summed E-state index contributed by atoms with van der Waals surface area (Å²) in [6, 6.07) is 6.69. The van der Waals surface area contributed by atoms with E-state index in [4.69, 9.17) is 0 Å². The van der Waals surface area contributed by atoms with Crippen molar-refractivity contribution in [1.82, 2.24) is 19.9 Å². The highest BCUT2D eigenvalue weighted by molar-refractivity contribution is 7.91. The molecule has 3 rings (SSSR count). The Bertz CT molecular complexity index is 1500. The summed E-state index contributed by atoms with van der Waals surface area (Å²) in [5.41, 5.74) is -1.93. The Morgan fingerprint density at radius 3 is 2.23 bits per heavy atom. The molecule has 3 aromatic rings. The Morgan fingerprint density at radius 1 is 1.07 bits per heavy atom. The zero-order valence-electron chi connectivity index (χ0n) is 23.6. The number of nitrogens with zero attached hydrogens (tertiary/aromatic N) is 3. The molecule has 0 spiro atoms. The van der Waals surface area contributed by atoms with Crippen LogP contribution in [0.2, 0.25) is 0 Å². The number of aliphatic hydroxyl groups is 1. The van der Waals surface area contributed by atoms with Crippen molar-refractivity contribution in [2.24, 2.45) is 0 Å². The van der Waals surface area contributed by atoms with Gasteiger partial charge in [-0.25, -0.2) is 13.4 Å². The van der Waals surface area contributed by atoms with Gasteiger partial charge in [0, 0.05) is 23.9 Å². The van der Waals surface area contributed by atoms with Crippen molar-refractivity contribution in [3.8, 4) is 0 Å². The number of benzene rings is 1. The number of sulfone groups is 1. The highest BCUT2D eigenvalue weighted by atomic mass is 32.2. The van der Waals surface area contributed by atoms with Crippen LogP contribution in [0.25, 0.3) is 0 Å². The quantitative estimate of drug-likeness (QED) is 0.392. The van der Waals surface area contributed by atoms with Crippen molar-refractivity contribution in [2.75, 3.05) is 5.75 Å². The summed E-state index contributed by atoms with van der Waals surface area (Å²) in [5, 5.41) is 13.0. The lowest BCUT2D eigenvalue weighted by atomic mass is 9.93. The Hall–Kier alpha value is -3.25. The number of aromatic nitrogens is 3. The highest BCUT2D eigenvalue weighted by Crippen LogP contribution is 2.36. The number of pyridine rings is 1. The first-order chi connectivity index (χ1) is 18.3. The van der Waals surface area contributed by atoms with E-state index in [0.717, 1.165) is 6.07 Å². The van der Waals surface area contributed by atoms with Crippen LogP contribution in [-0.4, -0.2) is 39.7 Å². The molecule has 0 fully saturated rings. The molecule has 8 nitrogen and oxygen atoms in total. The average molecular weight is 581 g/mol. The average Bonchev–Trinajstić information content (AvgIpc) is 3.18. The fourth-order valence-electron chi connectivity index (χ4n) is 4.16. The van der Waals surface area contributed by atoms with Crippen molar-refractivity contribution < 1.29 is 31.5 Å². The lowest BCUT2D eigenvalue weighted by Gasteiger charge is -2.24. The van der Waals surface area contributed by atoms with E-state index in [-0.39, 0.29) is 40.6 Å². The number of nitrogens with one attached hydrogen (secondary N) is 1. The molecule has 0 unspecified atom stereocenters. The summed E-state index contributed by atoms with van der Waals surface area (Å²) in [6.45, 7) is 11.4. The van der Waals surface area contributed by atoms with Crippen LogP contribution >= 0.6 is 0 Å². The zero-order valence-corrected chi connectivity index (χ0v) is 24.5. The van der Waals surface area contributed by atoms with Crippen LogP contribution in [0, 0.1) is 6.92 Å². The molecular weight excluding hydrogens is 545 g/mol. The van der Waals surface area contributed by atoms with Crippen LogP contribution in [0.15, 0.2) is 41.4 Å². The van der Waals surface area contributed by atoms with Gasteiger partial charge in [0.05, 0.1) is 34.1 Å². The van der Waals surface area contributed by atoms with Gasteiger partial charge in [-0.2, -0.15) is 13.2 Å². The van der Waals surface area contributed by atoms with Crippen LogP contribution in [-0.2, 0) is 40.1 Å². The van der Waals surface area contributed by atoms with Crippen LogP contribution in [0.1, 0.15) is 85.9 Å². The van der Waals surface area contributed by atoms with E-state index < -0.39 is 38.5 Å². The summed E-state index contributed by atoms with van der Waals surface area (Å²) in [6.07, 6.45) is -3.42. The number of halogens is 3. The molecule has 12 heteroatoms. The van der Waals surface area contributed by atoms with Gasteiger partial charge in [0.2, 0.25) is 0 Å². The Morgan fingerprint density at radius 2 is 1.73 bits per heavy atom. The van der Waals surface area contributed by atoms with Gasteiger partial charge in [0.15, 0.2) is 9.84 Å². The molecule has 0 aliphatic rings. The van der Waals surface area contributed by atoms with Crippen LogP contribution in [0.3, 0.4) is 0 Å². The van der Waals surface area contributed by atoms with E-state index >= 15 is 0 Å². The van der Waals surface area contributed by atoms with Gasteiger partial charge in [0.1, 0.15) is 11.5 Å². The summed E-state index contributed by atoms with van der Waals surface area (Å²) < 4.78 is 67.7. The molecular formula is C28H35F3N4O4S. The number of rotatable bonds is 8. The number of amides is 1. The van der Waals surface area contributed by atoms with E-state index in [1.54, 1.807) is 11.5 Å². The SMILES string of the molecule is CCS(=O)(=O)c1ccc(CNC(=O)c2nc(C(C)(C)C)n(Cc3ccc(C(C)(C)O)cc3C(F)(F)F)c2C)nc1. The predicted molar refractivity (Wildman–Crippen MR) is 145 cm³/mol. The molecule has 2 heterocycles. The van der Waals surface area contributed by atoms with Gasteiger partial charge in [-0.15, -0.1) is 0 Å². The molecule has 0 saturated heterocycles. The van der Waals surface area contributed by atoms with E-state index in [9.17, 15) is 31.5 Å². The van der Waals surface area contributed by atoms with E-state index in [1.807, 2.05) is 20.8 Å². The van der Waals surface area contributed by atoms with Crippen LogP contribution in [0.5, 0.6) is 0 Å². The molecule has 2 N–H and O–H groups in total. The second kappa shape index (κ2) is 11.0. The number of alkyl halides is 3. The monoisotopic (exact) mass is 580 g/mol. The van der Waals surface area contributed by atoms with Gasteiger partial charge in [-0.3, -0.25) is 9.78 Å². The zero-order chi connectivity index (χ0) is 30.3. The normalized spacial score (nSPS) is 13.0. The standard InChI is InChI=1S/C28H35F3N4O4S/c1-8-40(38,39)21-12-11-20(32-15-21)14-33-24(36)23-17(2)35(25(34-23)26(3,4)5)16-18-9-10-19(27(6,7)37)13-22(18)28(29,30)31/h9-13,15,37H,8,14,16H2,1-7H3,(H,33,36). The second-order valence-electron chi connectivity index (χ2n) is 11.2. The highest BCUT2D eigenvalue weighted by Gasteiger charge is 2.36. The molecule has 218 valence electrons. The lowest BCUT2D eigenvalue weighted by molar-refractivity contribution is -0.138. The van der Waals surface area contributed by atoms with Crippen molar-refractivity contribution in [1.29, 1.82) is 0 Å². The Balaban J connectivity index is 1.95. The van der Waals surface area contributed by atoms with Gasteiger partial charge < -0.3 is 15.0 Å². The molecule has 0 bridgehead atoms. The summed E-state index contributed by atoms with van der Waals surface area (Å²) >= 11 is 0. The summed E-state index contributed by atoms with van der Waals surface area (Å²) in [4.78, 5) is 21.8. The third kappa shape index (κ3) is 6.90. The van der Waals surface area contributed by atoms with Gasteiger partial charge >= 0.3 is 6.18 Å². The van der Waals surface area contributed by atoms with E-state index in [2.05, 4.69) is 15.3 Å². The van der Waals surface area contributed by atoms with Crippen molar-refractivity contribution in [3.05, 3.63) is 76.1 Å². The van der Waals surface area contributed by atoms with Gasteiger partial charge in [-0.1, -0.05) is 39.8 Å². The van der Waals surface area contributed by atoms with Crippen molar-refractivity contribution >= 4 is 15.7 Å². The molecule has 40 heavy (non-hydrogen) atoms. The molecule has 1 aromatic carbocycles. The molecule has 0 atom stereocenters. The number of carbonyl (C=O) groups excluding carboxylic acids is 1. The molecule has 2 aromatic heterocycles. The maximum Gasteiger partial charge on any atom is 0.416 e. The smallest absolute Gasteiger partial charge is 0.386 e. The van der Waals surface area contributed by atoms with Crippen LogP contribution < -0.4 is 5.32 Å². The van der Waals surface area contributed by atoms with E-state index in [0.29, 0.717) is 17.2 Å². The second-order valence-corrected chi connectivity index (χ2v) is 13.5. The largest absolute Gasteiger partial charge is 0.416 e. The first kappa shape index (κ1) is 31.3. The Kier molecular flexibility index (Phi) is 8.57. The minimum absolute atomic E-state index is 0.000926. The van der Waals surface area contributed by atoms with Crippen molar-refractivity contribution in [2.45, 2.75) is 83.6 Å². The molecule has 0 aliphatic heterocycles. The topological polar surface area (TPSA) is 114 Å². The molecule has 0 radical (unpaired) electrons. The lowest BCUT2D eigenvalue weighted by Crippen LogP contribution is -2.24. The molecule has 0 aliphatic carbocycles. The van der Waals surface area contributed by atoms with E-state index in [1.165, 1.54) is 51.2 Å².